The Bertz CT molecular complexity index is 540. The first-order valence-electron chi connectivity index (χ1n) is 6.91. The van der Waals surface area contributed by atoms with Crippen molar-refractivity contribution in [1.82, 2.24) is 4.90 Å². The van der Waals surface area contributed by atoms with Gasteiger partial charge in [0.15, 0.2) is 0 Å². The van der Waals surface area contributed by atoms with E-state index in [-0.39, 0.29) is 11.7 Å². The van der Waals surface area contributed by atoms with Gasteiger partial charge in [-0.15, -0.1) is 0 Å². The van der Waals surface area contributed by atoms with Gasteiger partial charge in [-0.05, 0) is 25.8 Å². The molecular weight excluding hydrogens is 276 g/mol. The minimum absolute atomic E-state index is 0.00487. The molecule has 21 heavy (non-hydrogen) atoms. The molecule has 1 aromatic rings. The molecule has 1 aliphatic rings. The van der Waals surface area contributed by atoms with Crippen LogP contribution < -0.4 is 0 Å². The van der Waals surface area contributed by atoms with Crippen molar-refractivity contribution in [1.29, 1.82) is 0 Å². The van der Waals surface area contributed by atoms with E-state index in [1.54, 1.807) is 0 Å². The van der Waals surface area contributed by atoms with E-state index >= 15 is 0 Å². The molecule has 1 atom stereocenters. The van der Waals surface area contributed by atoms with Gasteiger partial charge in [0.1, 0.15) is 0 Å². The van der Waals surface area contributed by atoms with Gasteiger partial charge in [-0.25, -0.2) is 0 Å². The second-order valence-corrected chi connectivity index (χ2v) is 4.91. The number of nitrogens with zero attached hydrogens (tertiary/aromatic N) is 2. The molecule has 0 aromatic heterocycles. The van der Waals surface area contributed by atoms with Crippen LogP contribution >= 0.6 is 0 Å². The van der Waals surface area contributed by atoms with Gasteiger partial charge >= 0.3 is 5.69 Å². The summed E-state index contributed by atoms with van der Waals surface area (Å²) < 4.78 is 5.50. The van der Waals surface area contributed by atoms with Crippen LogP contribution in [0.5, 0.6) is 5.75 Å². The highest BCUT2D eigenvalue weighted by atomic mass is 16.6. The highest BCUT2D eigenvalue weighted by Gasteiger charge is 2.26. The third-order valence-electron chi connectivity index (χ3n) is 3.56. The third kappa shape index (κ3) is 3.30. The van der Waals surface area contributed by atoms with Crippen molar-refractivity contribution >= 4 is 11.6 Å². The molecule has 0 spiro atoms. The molecule has 0 aliphatic carbocycles. The number of aromatic hydroxyl groups is 1. The molecule has 1 saturated heterocycles. The summed E-state index contributed by atoms with van der Waals surface area (Å²) in [5.74, 6) is -1.01. The number of ether oxygens (including phenoxy) is 1. The zero-order valence-corrected chi connectivity index (χ0v) is 11.8. The van der Waals surface area contributed by atoms with Crippen molar-refractivity contribution in [2.24, 2.45) is 0 Å². The number of carbonyl (C=O) groups is 1. The van der Waals surface area contributed by atoms with Crippen LogP contribution in [0, 0.1) is 10.1 Å². The molecule has 1 aliphatic heterocycles. The average molecular weight is 294 g/mol. The van der Waals surface area contributed by atoms with Crippen LogP contribution in [-0.4, -0.2) is 46.6 Å². The Morgan fingerprint density at radius 1 is 1.57 bits per heavy atom. The van der Waals surface area contributed by atoms with Crippen LogP contribution in [0.15, 0.2) is 18.2 Å². The van der Waals surface area contributed by atoms with Crippen LogP contribution in [0.3, 0.4) is 0 Å². The molecular formula is C14H18N2O5. The largest absolute Gasteiger partial charge is 0.502 e. The minimum Gasteiger partial charge on any atom is -0.502 e. The second kappa shape index (κ2) is 6.53. The maximum atomic E-state index is 12.4. The van der Waals surface area contributed by atoms with E-state index in [0.29, 0.717) is 19.7 Å². The van der Waals surface area contributed by atoms with Crippen molar-refractivity contribution in [3.05, 3.63) is 33.9 Å². The highest BCUT2D eigenvalue weighted by molar-refractivity contribution is 5.98. The molecule has 7 nitrogen and oxygen atoms in total. The summed E-state index contributed by atoms with van der Waals surface area (Å²) in [6.45, 7) is 3.39. The third-order valence-corrected chi connectivity index (χ3v) is 3.56. The number of benzene rings is 1. The Balaban J connectivity index is 2.20. The Kier molecular flexibility index (Phi) is 4.74. The zero-order valence-electron chi connectivity index (χ0n) is 11.8. The molecule has 1 N–H and O–H groups in total. The molecule has 114 valence electrons. The topological polar surface area (TPSA) is 92.9 Å². The number of hydrogen-bond donors (Lipinski definition) is 1. The summed E-state index contributed by atoms with van der Waals surface area (Å²) in [4.78, 5) is 24.1. The predicted octanol–water partition coefficient (Wildman–Crippen LogP) is 1.94. The smallest absolute Gasteiger partial charge is 0.311 e. The maximum absolute atomic E-state index is 12.4. The van der Waals surface area contributed by atoms with Gasteiger partial charge in [-0.2, -0.15) is 0 Å². The van der Waals surface area contributed by atoms with E-state index in [0.717, 1.165) is 12.8 Å². The van der Waals surface area contributed by atoms with E-state index in [1.165, 1.54) is 23.1 Å². The lowest BCUT2D eigenvalue weighted by atomic mass is 10.1. The number of rotatable bonds is 5. The minimum atomic E-state index is -0.706. The molecule has 1 aromatic carbocycles. The Hall–Kier alpha value is -2.15. The van der Waals surface area contributed by atoms with E-state index in [4.69, 9.17) is 4.74 Å². The van der Waals surface area contributed by atoms with Gasteiger partial charge in [0.25, 0.3) is 5.91 Å². The molecule has 1 heterocycles. The lowest BCUT2D eigenvalue weighted by molar-refractivity contribution is -0.385. The lowest BCUT2D eigenvalue weighted by Gasteiger charge is -2.24. The van der Waals surface area contributed by atoms with Gasteiger partial charge in [0.2, 0.25) is 5.75 Å². The maximum Gasteiger partial charge on any atom is 0.311 e. The Morgan fingerprint density at radius 3 is 2.90 bits per heavy atom. The molecule has 1 fully saturated rings. The fraction of sp³-hybridized carbons (Fsp3) is 0.500. The number of hydrogen-bond acceptors (Lipinski definition) is 5. The molecule has 1 amide bonds. The number of amides is 1. The number of nitro groups is 1. The fourth-order valence-corrected chi connectivity index (χ4v) is 2.41. The normalized spacial score (nSPS) is 17.7. The Labute approximate surface area is 122 Å². The first kappa shape index (κ1) is 15.2. The summed E-state index contributed by atoms with van der Waals surface area (Å²) >= 11 is 0. The number of nitro benzene ring substituents is 1. The summed E-state index contributed by atoms with van der Waals surface area (Å²) in [6.07, 6.45) is 1.86. The van der Waals surface area contributed by atoms with Gasteiger partial charge in [0.05, 0.1) is 16.6 Å². The lowest BCUT2D eigenvalue weighted by Crippen LogP contribution is -2.37. The Morgan fingerprint density at radius 2 is 2.33 bits per heavy atom. The first-order valence-corrected chi connectivity index (χ1v) is 6.91. The van der Waals surface area contributed by atoms with Gasteiger partial charge in [0, 0.05) is 25.8 Å². The molecule has 0 radical (unpaired) electrons. The van der Waals surface area contributed by atoms with Crippen LogP contribution in [0.1, 0.15) is 30.1 Å². The average Bonchev–Trinajstić information content (AvgIpc) is 2.97. The van der Waals surface area contributed by atoms with Gasteiger partial charge in [-0.3, -0.25) is 14.9 Å². The molecule has 0 saturated carbocycles. The summed E-state index contributed by atoms with van der Waals surface area (Å²) in [5.41, 5.74) is -0.516. The van der Waals surface area contributed by atoms with E-state index in [1.807, 2.05) is 6.92 Å². The zero-order chi connectivity index (χ0) is 15.4. The van der Waals surface area contributed by atoms with E-state index in [2.05, 4.69) is 0 Å². The van der Waals surface area contributed by atoms with Crippen LogP contribution in [0.25, 0.3) is 0 Å². The number of para-hydroxylation sites is 1. The summed E-state index contributed by atoms with van der Waals surface area (Å²) in [5, 5.41) is 20.7. The number of phenolic OH excluding ortho intramolecular Hbond substituents is 1. The van der Waals surface area contributed by atoms with Crippen molar-refractivity contribution < 1.29 is 19.6 Å². The SMILES string of the molecule is CCN(CC1CCCO1)C(=O)c1cccc([N+](=O)[O-])c1O. The first-order chi connectivity index (χ1) is 10.0. The second-order valence-electron chi connectivity index (χ2n) is 4.91. The van der Waals surface area contributed by atoms with E-state index in [9.17, 15) is 20.0 Å². The monoisotopic (exact) mass is 294 g/mol. The summed E-state index contributed by atoms with van der Waals surface area (Å²) in [6, 6.07) is 3.95. The van der Waals surface area contributed by atoms with Crippen LogP contribution in [0.4, 0.5) is 5.69 Å². The highest BCUT2D eigenvalue weighted by Crippen LogP contribution is 2.30. The standard InChI is InChI=1S/C14H18N2O5/c1-2-15(9-10-5-4-8-21-10)14(18)11-6-3-7-12(13(11)17)16(19)20/h3,6-7,10,17H,2,4-5,8-9H2,1H3. The van der Waals surface area contributed by atoms with Crippen molar-refractivity contribution in [3.63, 3.8) is 0 Å². The molecule has 0 bridgehead atoms. The molecule has 1 unspecified atom stereocenters. The molecule has 7 heteroatoms. The van der Waals surface area contributed by atoms with Crippen molar-refractivity contribution in [2.75, 3.05) is 19.7 Å². The van der Waals surface area contributed by atoms with E-state index < -0.39 is 22.3 Å². The predicted molar refractivity (Wildman–Crippen MR) is 75.3 cm³/mol. The van der Waals surface area contributed by atoms with Crippen molar-refractivity contribution in [2.45, 2.75) is 25.9 Å². The molecule has 2 rings (SSSR count). The van der Waals surface area contributed by atoms with Crippen LogP contribution in [0.2, 0.25) is 0 Å². The van der Waals surface area contributed by atoms with Crippen LogP contribution in [-0.2, 0) is 4.74 Å². The quantitative estimate of drug-likeness (QED) is 0.661. The fourth-order valence-electron chi connectivity index (χ4n) is 2.41. The number of phenols is 1. The van der Waals surface area contributed by atoms with Gasteiger partial charge in [-0.1, -0.05) is 6.07 Å². The van der Waals surface area contributed by atoms with Crippen molar-refractivity contribution in [3.8, 4) is 5.75 Å². The summed E-state index contributed by atoms with van der Waals surface area (Å²) in [7, 11) is 0. The number of carbonyl (C=O) groups excluding carboxylic acids is 1. The van der Waals surface area contributed by atoms with Gasteiger partial charge < -0.3 is 14.7 Å². The number of likely N-dealkylation sites (N-methyl/N-ethyl adjacent to an activating group) is 1.